The first kappa shape index (κ1) is 18.5. The van der Waals surface area contributed by atoms with Crippen molar-refractivity contribution in [3.8, 4) is 11.5 Å². The average molecular weight is 384 g/mol. The van der Waals surface area contributed by atoms with Gasteiger partial charge in [0.2, 0.25) is 23.6 Å². The fourth-order valence-corrected chi connectivity index (χ4v) is 3.87. The van der Waals surface area contributed by atoms with Crippen LogP contribution in [0.3, 0.4) is 0 Å². The van der Waals surface area contributed by atoms with Gasteiger partial charge in [-0.3, -0.25) is 19.5 Å². The molecule has 28 heavy (non-hydrogen) atoms. The van der Waals surface area contributed by atoms with Crippen LogP contribution in [0, 0.1) is 5.92 Å². The summed E-state index contributed by atoms with van der Waals surface area (Å²) in [6.07, 6.45) is 5.15. The van der Waals surface area contributed by atoms with Gasteiger partial charge in [-0.1, -0.05) is 0 Å². The second-order valence-corrected chi connectivity index (χ2v) is 7.62. The lowest BCUT2D eigenvalue weighted by molar-refractivity contribution is -0.145. The van der Waals surface area contributed by atoms with Gasteiger partial charge in [0.25, 0.3) is 0 Å². The molecule has 5 heterocycles. The minimum atomic E-state index is -0.0885. The summed E-state index contributed by atoms with van der Waals surface area (Å²) in [6.45, 7) is 1.98. The molecule has 3 fully saturated rings. The van der Waals surface area contributed by atoms with Crippen molar-refractivity contribution in [1.82, 2.24) is 29.9 Å². The second kappa shape index (κ2) is 7.67. The maximum absolute atomic E-state index is 12.8. The summed E-state index contributed by atoms with van der Waals surface area (Å²) in [5, 5.41) is 8.26. The van der Waals surface area contributed by atoms with Crippen LogP contribution in [0.25, 0.3) is 11.5 Å². The highest BCUT2D eigenvalue weighted by molar-refractivity contribution is 5.86. The van der Waals surface area contributed by atoms with Crippen LogP contribution < -0.4 is 0 Å². The third-order valence-corrected chi connectivity index (χ3v) is 5.41. The van der Waals surface area contributed by atoms with Gasteiger partial charge in [-0.05, 0) is 25.0 Å². The quantitative estimate of drug-likeness (QED) is 0.746. The zero-order chi connectivity index (χ0) is 19.7. The number of carbonyl (C=O) groups is 2. The molecule has 9 heteroatoms. The van der Waals surface area contributed by atoms with Crippen LogP contribution in [-0.2, 0) is 16.1 Å². The van der Waals surface area contributed by atoms with Crippen LogP contribution in [0.15, 0.2) is 28.9 Å². The number of amides is 2. The van der Waals surface area contributed by atoms with Crippen LogP contribution >= 0.6 is 0 Å². The number of pyridine rings is 1. The fourth-order valence-electron chi connectivity index (χ4n) is 3.87. The molecule has 0 unspecified atom stereocenters. The molecule has 0 aromatic carbocycles. The molecule has 3 aliphatic heterocycles. The third-order valence-electron chi connectivity index (χ3n) is 5.41. The maximum atomic E-state index is 12.8. The molecule has 3 saturated heterocycles. The molecule has 2 bridgehead atoms. The minimum absolute atomic E-state index is 0.0378. The Kier molecular flexibility index (Phi) is 5.08. The van der Waals surface area contributed by atoms with Crippen molar-refractivity contribution in [2.45, 2.75) is 25.4 Å². The van der Waals surface area contributed by atoms with E-state index in [9.17, 15) is 9.59 Å². The third kappa shape index (κ3) is 3.75. The van der Waals surface area contributed by atoms with Crippen LogP contribution in [0.1, 0.15) is 18.7 Å². The lowest BCUT2D eigenvalue weighted by Crippen LogP contribution is -2.51. The number of hydrogen-bond acceptors (Lipinski definition) is 7. The van der Waals surface area contributed by atoms with Crippen molar-refractivity contribution >= 4 is 11.8 Å². The summed E-state index contributed by atoms with van der Waals surface area (Å²) in [6, 6.07) is 3.73. The first-order valence-electron chi connectivity index (χ1n) is 9.47. The Balaban J connectivity index is 1.45. The van der Waals surface area contributed by atoms with E-state index < -0.39 is 0 Å². The molecule has 0 spiro atoms. The predicted molar refractivity (Wildman–Crippen MR) is 99.7 cm³/mol. The average Bonchev–Trinajstić information content (AvgIpc) is 3.00. The molecule has 3 aliphatic rings. The van der Waals surface area contributed by atoms with Crippen molar-refractivity contribution in [3.05, 3.63) is 30.4 Å². The van der Waals surface area contributed by atoms with Gasteiger partial charge in [0.15, 0.2) is 0 Å². The van der Waals surface area contributed by atoms with Gasteiger partial charge in [0.1, 0.15) is 6.54 Å². The molecule has 5 rings (SSSR count). The van der Waals surface area contributed by atoms with E-state index in [-0.39, 0.29) is 30.3 Å². The molecule has 2 atom stereocenters. The highest BCUT2D eigenvalue weighted by Gasteiger charge is 2.41. The Morgan fingerprint density at radius 2 is 2.14 bits per heavy atom. The number of nitrogens with zero attached hydrogens (tertiary/aromatic N) is 6. The van der Waals surface area contributed by atoms with E-state index in [0.29, 0.717) is 31.4 Å². The summed E-state index contributed by atoms with van der Waals surface area (Å²) in [5.74, 6) is 0.897. The number of likely N-dealkylation sites (N-methyl/N-ethyl adjacent to an activating group) is 1. The molecule has 0 aliphatic carbocycles. The lowest BCUT2D eigenvalue weighted by Gasteiger charge is -2.36. The van der Waals surface area contributed by atoms with Gasteiger partial charge in [-0.2, -0.15) is 0 Å². The number of rotatable bonds is 5. The summed E-state index contributed by atoms with van der Waals surface area (Å²) in [4.78, 5) is 34.5. The standard InChI is InChI=1S/C19H24N6O3/c1-23(2)17(26)12-25-15-6-5-14(19(25)27)9-24(10-15)11-16-21-22-18(28-16)13-4-3-7-20-8-13/h3-4,7-8,14-15H,5-6,9-12H2,1-2H3/t14-,15+/m0/s1. The van der Waals surface area contributed by atoms with E-state index in [2.05, 4.69) is 20.1 Å². The van der Waals surface area contributed by atoms with Gasteiger partial charge < -0.3 is 14.2 Å². The van der Waals surface area contributed by atoms with E-state index in [0.717, 1.165) is 18.4 Å². The molecule has 2 amide bonds. The highest BCUT2D eigenvalue weighted by Crippen LogP contribution is 2.30. The van der Waals surface area contributed by atoms with Crippen LogP contribution in [0.2, 0.25) is 0 Å². The molecular weight excluding hydrogens is 360 g/mol. The smallest absolute Gasteiger partial charge is 0.249 e. The monoisotopic (exact) mass is 384 g/mol. The van der Waals surface area contributed by atoms with Gasteiger partial charge in [-0.15, -0.1) is 10.2 Å². The van der Waals surface area contributed by atoms with Crippen LogP contribution in [0.4, 0.5) is 0 Å². The zero-order valence-corrected chi connectivity index (χ0v) is 16.1. The summed E-state index contributed by atoms with van der Waals surface area (Å²) >= 11 is 0. The van der Waals surface area contributed by atoms with Gasteiger partial charge >= 0.3 is 0 Å². The Labute approximate surface area is 163 Å². The lowest BCUT2D eigenvalue weighted by atomic mass is 9.94. The molecule has 0 saturated carbocycles. The SMILES string of the molecule is CN(C)C(=O)CN1C(=O)[C@H]2CC[C@@H]1CN(Cc1nnc(-c3cccnc3)o1)C2. The zero-order valence-electron chi connectivity index (χ0n) is 16.1. The molecule has 2 aromatic rings. The molecule has 2 aromatic heterocycles. The number of fused-ring (bicyclic) bond motifs is 4. The van der Waals surface area contributed by atoms with E-state index >= 15 is 0 Å². The van der Waals surface area contributed by atoms with Crippen LogP contribution in [-0.4, -0.2) is 81.5 Å². The predicted octanol–water partition coefficient (Wildman–Crippen LogP) is 0.643. The molecule has 9 nitrogen and oxygen atoms in total. The first-order valence-corrected chi connectivity index (χ1v) is 9.47. The van der Waals surface area contributed by atoms with Gasteiger partial charge in [0, 0.05) is 45.6 Å². The fraction of sp³-hybridized carbons (Fsp3) is 0.526. The van der Waals surface area contributed by atoms with Crippen molar-refractivity contribution in [2.75, 3.05) is 33.7 Å². The summed E-state index contributed by atoms with van der Waals surface area (Å²) < 4.78 is 5.79. The highest BCUT2D eigenvalue weighted by atomic mass is 16.4. The largest absolute Gasteiger partial charge is 0.419 e. The Bertz CT molecular complexity index is 852. The van der Waals surface area contributed by atoms with Gasteiger partial charge in [-0.25, -0.2) is 0 Å². The Hall–Kier alpha value is -2.81. The maximum Gasteiger partial charge on any atom is 0.249 e. The number of aromatic nitrogens is 3. The normalized spacial score (nSPS) is 22.4. The second-order valence-electron chi connectivity index (χ2n) is 7.62. The summed E-state index contributed by atoms with van der Waals surface area (Å²) in [5.41, 5.74) is 0.778. The van der Waals surface area contributed by atoms with Crippen molar-refractivity contribution in [3.63, 3.8) is 0 Å². The Morgan fingerprint density at radius 1 is 1.29 bits per heavy atom. The Morgan fingerprint density at radius 3 is 2.89 bits per heavy atom. The van der Waals surface area contributed by atoms with E-state index in [1.807, 2.05) is 12.1 Å². The molecule has 148 valence electrons. The molecular formula is C19H24N6O3. The summed E-state index contributed by atoms with van der Waals surface area (Å²) in [7, 11) is 3.43. The van der Waals surface area contributed by atoms with E-state index in [1.165, 1.54) is 4.90 Å². The minimum Gasteiger partial charge on any atom is -0.419 e. The van der Waals surface area contributed by atoms with Crippen LogP contribution in [0.5, 0.6) is 0 Å². The van der Waals surface area contributed by atoms with E-state index in [4.69, 9.17) is 4.42 Å². The van der Waals surface area contributed by atoms with Crippen molar-refractivity contribution in [2.24, 2.45) is 5.92 Å². The van der Waals surface area contributed by atoms with Gasteiger partial charge in [0.05, 0.1) is 18.0 Å². The number of hydrogen-bond donors (Lipinski definition) is 0. The van der Waals surface area contributed by atoms with E-state index in [1.54, 1.807) is 31.4 Å². The molecule has 0 radical (unpaired) electrons. The topological polar surface area (TPSA) is 95.7 Å². The number of piperidine rings is 1. The van der Waals surface area contributed by atoms with Crippen molar-refractivity contribution in [1.29, 1.82) is 0 Å². The number of carbonyl (C=O) groups excluding carboxylic acids is 2. The first-order chi connectivity index (χ1) is 13.5. The molecule has 0 N–H and O–H groups in total. The van der Waals surface area contributed by atoms with Crippen molar-refractivity contribution < 1.29 is 14.0 Å².